The van der Waals surface area contributed by atoms with Crippen LogP contribution in [0.2, 0.25) is 10.0 Å². The van der Waals surface area contributed by atoms with Crippen molar-refractivity contribution in [3.8, 4) is 5.75 Å². The molecule has 0 aromatic heterocycles. The molecule has 7 nitrogen and oxygen atoms in total. The largest absolute Gasteiger partial charge is 0.508 e. The van der Waals surface area contributed by atoms with Crippen LogP contribution in [0.25, 0.3) is 0 Å². The summed E-state index contributed by atoms with van der Waals surface area (Å²) in [5.74, 6) is -5.30. The maximum atomic E-state index is 13.1. The van der Waals surface area contributed by atoms with E-state index in [0.29, 0.717) is 0 Å². The number of benzene rings is 2. The second-order valence-corrected chi connectivity index (χ2v) is 9.47. The Balaban J connectivity index is 2.61. The van der Waals surface area contributed by atoms with E-state index in [-0.39, 0.29) is 39.5 Å². The van der Waals surface area contributed by atoms with E-state index in [1.54, 1.807) is 13.8 Å². The van der Waals surface area contributed by atoms with E-state index in [4.69, 9.17) is 32.7 Å². The number of halogens is 2. The van der Waals surface area contributed by atoms with Crippen LogP contribution in [0.3, 0.4) is 0 Å². The van der Waals surface area contributed by atoms with Crippen LogP contribution in [0.5, 0.6) is 5.75 Å². The Morgan fingerprint density at radius 2 is 1.42 bits per heavy atom. The van der Waals surface area contributed by atoms with Gasteiger partial charge in [0.05, 0.1) is 23.9 Å². The number of phenolic OH excluding ortho intramolecular Hbond substituents is 1. The summed E-state index contributed by atoms with van der Waals surface area (Å²) >= 11 is 12.2. The minimum Gasteiger partial charge on any atom is -0.508 e. The molecule has 0 amide bonds. The zero-order valence-electron chi connectivity index (χ0n) is 16.9. The predicted molar refractivity (Wildman–Crippen MR) is 116 cm³/mol. The summed E-state index contributed by atoms with van der Waals surface area (Å²) in [6, 6.07) is 9.25. The molecule has 0 saturated heterocycles. The zero-order chi connectivity index (χ0) is 23.2. The second-order valence-electron chi connectivity index (χ2n) is 6.57. The van der Waals surface area contributed by atoms with Crippen LogP contribution < -0.4 is 0 Å². The molecule has 0 fully saturated rings. The SMILES string of the molecule is CCOC(=O)C(C(=O)OCC)C(CS(=O)(=O)c1ccc(O)cc1)c1cc(Cl)cc(Cl)c1. The molecule has 0 heterocycles. The van der Waals surface area contributed by atoms with Crippen molar-refractivity contribution in [2.24, 2.45) is 5.92 Å². The summed E-state index contributed by atoms with van der Waals surface area (Å²) < 4.78 is 36.3. The zero-order valence-corrected chi connectivity index (χ0v) is 19.2. The van der Waals surface area contributed by atoms with Crippen LogP contribution in [0.4, 0.5) is 0 Å². The molecule has 10 heteroatoms. The van der Waals surface area contributed by atoms with Crippen molar-refractivity contribution in [2.45, 2.75) is 24.7 Å². The fourth-order valence-corrected chi connectivity index (χ4v) is 5.19. The molecule has 1 unspecified atom stereocenters. The Hall–Kier alpha value is -2.29. The summed E-state index contributed by atoms with van der Waals surface area (Å²) in [6.45, 7) is 3.11. The molecule has 0 aliphatic carbocycles. The standard InChI is InChI=1S/C21H22Cl2O7S/c1-3-29-20(25)19(21(26)30-4-2)18(13-9-14(22)11-15(23)10-13)12-31(27,28)17-7-5-16(24)6-8-17/h5-11,18-19,24H,3-4,12H2,1-2H3. The van der Waals surface area contributed by atoms with Gasteiger partial charge in [-0.1, -0.05) is 23.2 Å². The van der Waals surface area contributed by atoms with Crippen molar-refractivity contribution >= 4 is 45.0 Å². The van der Waals surface area contributed by atoms with Crippen molar-refractivity contribution < 1.29 is 32.6 Å². The lowest BCUT2D eigenvalue weighted by Crippen LogP contribution is -2.36. The summed E-state index contributed by atoms with van der Waals surface area (Å²) in [4.78, 5) is 25.3. The maximum absolute atomic E-state index is 13.1. The molecule has 1 N–H and O–H groups in total. The van der Waals surface area contributed by atoms with Gasteiger partial charge in [-0.15, -0.1) is 0 Å². The van der Waals surface area contributed by atoms with Gasteiger partial charge in [0, 0.05) is 16.0 Å². The van der Waals surface area contributed by atoms with Gasteiger partial charge in [-0.05, 0) is 61.9 Å². The van der Waals surface area contributed by atoms with Gasteiger partial charge in [0.15, 0.2) is 15.8 Å². The fraction of sp³-hybridized carbons (Fsp3) is 0.333. The third-order valence-electron chi connectivity index (χ3n) is 4.39. The maximum Gasteiger partial charge on any atom is 0.320 e. The quantitative estimate of drug-likeness (QED) is 0.419. The van der Waals surface area contributed by atoms with Gasteiger partial charge in [-0.25, -0.2) is 8.42 Å². The molecule has 0 spiro atoms. The molecule has 31 heavy (non-hydrogen) atoms. The van der Waals surface area contributed by atoms with Crippen LogP contribution in [0.15, 0.2) is 47.4 Å². The molecule has 2 aromatic rings. The van der Waals surface area contributed by atoms with Crippen LogP contribution in [0.1, 0.15) is 25.3 Å². The Bertz CT molecular complexity index is 998. The second kappa shape index (κ2) is 10.8. The van der Waals surface area contributed by atoms with E-state index in [2.05, 4.69) is 0 Å². The Labute approximate surface area is 190 Å². The molecule has 0 radical (unpaired) electrons. The number of phenols is 1. The number of carbonyl (C=O) groups excluding carboxylic acids is 2. The first kappa shape index (κ1) is 25.0. The fourth-order valence-electron chi connectivity index (χ4n) is 3.05. The highest BCUT2D eigenvalue weighted by molar-refractivity contribution is 7.91. The minimum atomic E-state index is -4.00. The molecule has 0 aliphatic heterocycles. The summed E-state index contributed by atoms with van der Waals surface area (Å²) in [6.07, 6.45) is 0. The Morgan fingerprint density at radius 3 is 1.87 bits per heavy atom. The average molecular weight is 489 g/mol. The van der Waals surface area contributed by atoms with E-state index in [1.165, 1.54) is 42.5 Å². The van der Waals surface area contributed by atoms with Crippen molar-refractivity contribution in [1.82, 2.24) is 0 Å². The van der Waals surface area contributed by atoms with Gasteiger partial charge in [0.2, 0.25) is 0 Å². The lowest BCUT2D eigenvalue weighted by molar-refractivity contribution is -0.162. The van der Waals surface area contributed by atoms with Gasteiger partial charge in [-0.3, -0.25) is 9.59 Å². The Kier molecular flexibility index (Phi) is 8.73. The number of hydrogen-bond donors (Lipinski definition) is 1. The topological polar surface area (TPSA) is 107 Å². The predicted octanol–water partition coefficient (Wildman–Crippen LogP) is 4.00. The van der Waals surface area contributed by atoms with Gasteiger partial charge in [0.1, 0.15) is 5.75 Å². The molecular weight excluding hydrogens is 467 g/mol. The van der Waals surface area contributed by atoms with Crippen LogP contribution in [0, 0.1) is 5.92 Å². The van der Waals surface area contributed by atoms with E-state index in [9.17, 15) is 23.1 Å². The van der Waals surface area contributed by atoms with Crippen molar-refractivity contribution in [2.75, 3.05) is 19.0 Å². The number of rotatable bonds is 9. The first-order valence-electron chi connectivity index (χ1n) is 9.40. The first-order valence-corrected chi connectivity index (χ1v) is 11.8. The summed E-state index contributed by atoms with van der Waals surface area (Å²) in [5.41, 5.74) is 0.269. The number of sulfone groups is 1. The van der Waals surface area contributed by atoms with E-state index in [0.717, 1.165) is 0 Å². The monoisotopic (exact) mass is 488 g/mol. The van der Waals surface area contributed by atoms with Crippen LogP contribution in [-0.4, -0.2) is 44.4 Å². The van der Waals surface area contributed by atoms with Crippen molar-refractivity contribution in [1.29, 1.82) is 0 Å². The van der Waals surface area contributed by atoms with Crippen molar-refractivity contribution in [3.63, 3.8) is 0 Å². The van der Waals surface area contributed by atoms with Gasteiger partial charge in [0.25, 0.3) is 0 Å². The molecule has 1 atom stereocenters. The van der Waals surface area contributed by atoms with Crippen molar-refractivity contribution in [3.05, 3.63) is 58.1 Å². The molecular formula is C21H22Cl2O7S. The highest BCUT2D eigenvalue weighted by Gasteiger charge is 2.41. The number of hydrogen-bond acceptors (Lipinski definition) is 7. The van der Waals surface area contributed by atoms with Crippen LogP contribution >= 0.6 is 23.2 Å². The third-order valence-corrected chi connectivity index (χ3v) is 6.62. The number of carbonyl (C=O) groups is 2. The molecule has 0 saturated carbocycles. The van der Waals surface area contributed by atoms with Gasteiger partial charge < -0.3 is 14.6 Å². The normalized spacial score (nSPS) is 12.4. The number of aromatic hydroxyl groups is 1. The summed E-state index contributed by atoms with van der Waals surface area (Å²) in [5, 5.41) is 9.87. The molecule has 0 bridgehead atoms. The number of esters is 2. The van der Waals surface area contributed by atoms with Crippen LogP contribution in [-0.2, 0) is 28.9 Å². The molecule has 2 aromatic carbocycles. The van der Waals surface area contributed by atoms with Gasteiger partial charge >= 0.3 is 11.9 Å². The number of ether oxygens (including phenoxy) is 2. The molecule has 0 aliphatic rings. The summed E-state index contributed by atoms with van der Waals surface area (Å²) in [7, 11) is -4.00. The first-order chi connectivity index (χ1) is 14.6. The highest BCUT2D eigenvalue weighted by atomic mass is 35.5. The van der Waals surface area contributed by atoms with Gasteiger partial charge in [-0.2, -0.15) is 0 Å². The average Bonchev–Trinajstić information content (AvgIpc) is 2.67. The highest BCUT2D eigenvalue weighted by Crippen LogP contribution is 2.34. The van der Waals surface area contributed by atoms with E-state index >= 15 is 0 Å². The van der Waals surface area contributed by atoms with E-state index < -0.39 is 39.4 Å². The lowest BCUT2D eigenvalue weighted by Gasteiger charge is -2.25. The lowest BCUT2D eigenvalue weighted by atomic mass is 9.87. The third kappa shape index (κ3) is 6.59. The van der Waals surface area contributed by atoms with E-state index in [1.807, 2.05) is 0 Å². The molecule has 168 valence electrons. The smallest absolute Gasteiger partial charge is 0.320 e. The minimum absolute atomic E-state index is 0.0114. The molecule has 2 rings (SSSR count). The Morgan fingerprint density at radius 1 is 0.935 bits per heavy atom.